The molecule has 17 nitrogen and oxygen atoms in total. The number of carbonyl (C=O) groups is 1. The number of aliphatic hydroxyl groups is 5. The van der Waals surface area contributed by atoms with Crippen molar-refractivity contribution in [1.82, 2.24) is 10.6 Å². The Morgan fingerprint density at radius 2 is 1.67 bits per heavy atom. The lowest BCUT2D eigenvalue weighted by atomic mass is 9.83. The Balaban J connectivity index is 1.85. The molecule has 0 bridgehead atoms. The highest BCUT2D eigenvalue weighted by Crippen LogP contribution is 2.32. The molecule has 0 aromatic carbocycles. The van der Waals surface area contributed by atoms with Crippen molar-refractivity contribution in [2.75, 3.05) is 32.8 Å². The van der Waals surface area contributed by atoms with Gasteiger partial charge in [-0.2, -0.15) is 0 Å². The van der Waals surface area contributed by atoms with Gasteiger partial charge in [0.2, 0.25) is 0 Å². The van der Waals surface area contributed by atoms with Crippen molar-refractivity contribution >= 4 is 5.91 Å². The first kappa shape index (κ1) is 36.3. The number of aliphatic hydroxyl groups excluding tert-OH is 5. The molecule has 0 aromatic rings. The minimum atomic E-state index is -2.11. The van der Waals surface area contributed by atoms with E-state index in [2.05, 4.69) is 10.6 Å². The van der Waals surface area contributed by atoms with Crippen molar-refractivity contribution in [2.24, 2.45) is 28.7 Å². The first-order chi connectivity index (χ1) is 20.5. The van der Waals surface area contributed by atoms with Gasteiger partial charge >= 0.3 is 0 Å². The van der Waals surface area contributed by atoms with Gasteiger partial charge in [-0.3, -0.25) is 4.79 Å². The number of hydrogen-bond donors (Lipinski definition) is 12. The van der Waals surface area contributed by atoms with E-state index in [0.29, 0.717) is 32.4 Å². The smallest absolute Gasteiger partial charge is 0.252 e. The van der Waals surface area contributed by atoms with Crippen LogP contribution >= 0.6 is 0 Å². The predicted molar refractivity (Wildman–Crippen MR) is 148 cm³/mol. The second-order valence-corrected chi connectivity index (χ2v) is 11.3. The van der Waals surface area contributed by atoms with Crippen LogP contribution < -0.4 is 39.3 Å². The average Bonchev–Trinajstić information content (AvgIpc) is 3.00. The summed E-state index contributed by atoms with van der Waals surface area (Å²) in [6.07, 6.45) is -13.4. The Morgan fingerprint density at radius 3 is 2.30 bits per heavy atom. The zero-order valence-corrected chi connectivity index (χ0v) is 24.1. The molecule has 2 heterocycles. The van der Waals surface area contributed by atoms with Crippen LogP contribution in [0.3, 0.4) is 0 Å². The Kier molecular flexibility index (Phi) is 14.3. The lowest BCUT2D eigenvalue weighted by Crippen LogP contribution is -2.69. The van der Waals surface area contributed by atoms with Crippen molar-refractivity contribution in [1.29, 1.82) is 0 Å². The topological polar surface area (TPSA) is 309 Å². The Morgan fingerprint density at radius 1 is 0.977 bits per heavy atom. The summed E-state index contributed by atoms with van der Waals surface area (Å²) < 4.78 is 37.7. The summed E-state index contributed by atoms with van der Waals surface area (Å²) in [6, 6.07) is -3.65. The van der Waals surface area contributed by atoms with Gasteiger partial charge < -0.3 is 83.8 Å². The summed E-state index contributed by atoms with van der Waals surface area (Å²) in [6.45, 7) is 0.0327. The molecule has 1 amide bonds. The molecule has 0 aromatic heterocycles. The van der Waals surface area contributed by atoms with E-state index < -0.39 is 98.7 Å². The van der Waals surface area contributed by atoms with Crippen molar-refractivity contribution in [2.45, 2.75) is 117 Å². The summed E-state index contributed by atoms with van der Waals surface area (Å²) in [5.41, 5.74) is 29.0. The highest BCUT2D eigenvalue weighted by Gasteiger charge is 2.51. The molecule has 3 unspecified atom stereocenters. The molecular formula is C25H50FN7O10. The fourth-order valence-electron chi connectivity index (χ4n) is 5.58. The van der Waals surface area contributed by atoms with Crippen molar-refractivity contribution in [3.63, 3.8) is 0 Å². The summed E-state index contributed by atoms with van der Waals surface area (Å²) in [5.74, 6) is -1.13. The Labute approximate surface area is 249 Å². The normalized spacial score (nSPS) is 41.9. The molecule has 1 aliphatic carbocycles. The SMILES string of the molecule is NCCCN[C@@H]1CC[C@@H](CN)O[C@@H]1OC1[C@@H](N)C[C@@H](NC(=O)C(O)C(F)CN)[C@H](O[C@H]2O[C@H](CO)[C@@H](O)[C@H](N)[C@H]2O)[C@H]1O. The highest BCUT2D eigenvalue weighted by atomic mass is 19.1. The summed E-state index contributed by atoms with van der Waals surface area (Å²) in [5, 5.41) is 57.9. The van der Waals surface area contributed by atoms with Gasteiger partial charge in [0.05, 0.1) is 30.8 Å². The van der Waals surface area contributed by atoms with Crippen molar-refractivity contribution < 1.29 is 53.7 Å². The molecule has 15 atom stereocenters. The van der Waals surface area contributed by atoms with Crippen molar-refractivity contribution in [3.05, 3.63) is 0 Å². The van der Waals surface area contributed by atoms with Gasteiger partial charge in [-0.25, -0.2) is 4.39 Å². The zero-order chi connectivity index (χ0) is 31.8. The number of ether oxygens (including phenoxy) is 4. The number of nitrogens with two attached hydrogens (primary N) is 5. The van der Waals surface area contributed by atoms with Crippen LogP contribution in [0.4, 0.5) is 4.39 Å². The third kappa shape index (κ3) is 8.96. The molecule has 18 heteroatoms. The van der Waals surface area contributed by atoms with Gasteiger partial charge in [-0.05, 0) is 38.8 Å². The van der Waals surface area contributed by atoms with Gasteiger partial charge in [-0.15, -0.1) is 0 Å². The first-order valence-corrected chi connectivity index (χ1v) is 14.7. The van der Waals surface area contributed by atoms with E-state index in [9.17, 15) is 34.7 Å². The van der Waals surface area contributed by atoms with E-state index >= 15 is 0 Å². The number of rotatable bonds is 14. The second kappa shape index (κ2) is 16.9. The summed E-state index contributed by atoms with van der Waals surface area (Å²) in [4.78, 5) is 12.7. The third-order valence-corrected chi connectivity index (χ3v) is 8.21. The molecule has 2 aliphatic heterocycles. The van der Waals surface area contributed by atoms with Crippen LogP contribution in [-0.4, -0.2) is 156 Å². The molecule has 43 heavy (non-hydrogen) atoms. The molecule has 17 N–H and O–H groups in total. The third-order valence-electron chi connectivity index (χ3n) is 8.21. The average molecular weight is 628 g/mol. The van der Waals surface area contributed by atoms with E-state index in [1.54, 1.807) is 0 Å². The van der Waals surface area contributed by atoms with Gasteiger partial charge in [0.25, 0.3) is 5.91 Å². The summed E-state index contributed by atoms with van der Waals surface area (Å²) >= 11 is 0. The summed E-state index contributed by atoms with van der Waals surface area (Å²) in [7, 11) is 0. The number of amides is 1. The van der Waals surface area contributed by atoms with Gasteiger partial charge in [0.15, 0.2) is 18.7 Å². The zero-order valence-electron chi connectivity index (χ0n) is 24.1. The number of carbonyl (C=O) groups excluding carboxylic acids is 1. The molecule has 0 spiro atoms. The molecule has 1 saturated carbocycles. The maximum absolute atomic E-state index is 14.0. The molecule has 3 rings (SSSR count). The van der Waals surface area contributed by atoms with E-state index in [4.69, 9.17) is 47.6 Å². The molecule has 2 saturated heterocycles. The lowest BCUT2D eigenvalue weighted by molar-refractivity contribution is -0.314. The lowest BCUT2D eigenvalue weighted by Gasteiger charge is -2.48. The number of alkyl halides is 1. The monoisotopic (exact) mass is 627 g/mol. The molecular weight excluding hydrogens is 577 g/mol. The van der Waals surface area contributed by atoms with E-state index in [1.807, 2.05) is 0 Å². The highest BCUT2D eigenvalue weighted by molar-refractivity contribution is 5.81. The fourth-order valence-corrected chi connectivity index (χ4v) is 5.58. The van der Waals surface area contributed by atoms with E-state index in [-0.39, 0.29) is 25.1 Å². The molecule has 0 radical (unpaired) electrons. The largest absolute Gasteiger partial charge is 0.394 e. The van der Waals surface area contributed by atoms with E-state index in [0.717, 1.165) is 0 Å². The Hall–Kier alpha value is -1.20. The van der Waals surface area contributed by atoms with Crippen LogP contribution in [0.15, 0.2) is 0 Å². The minimum absolute atomic E-state index is 0.0936. The van der Waals surface area contributed by atoms with Gasteiger partial charge in [0.1, 0.15) is 42.8 Å². The Bertz CT molecular complexity index is 854. The molecule has 252 valence electrons. The number of hydrogen-bond acceptors (Lipinski definition) is 16. The fraction of sp³-hybridized carbons (Fsp3) is 0.960. The van der Waals surface area contributed by atoms with Crippen LogP contribution in [0.25, 0.3) is 0 Å². The minimum Gasteiger partial charge on any atom is -0.394 e. The standard InChI is InChI=1S/C25H50FN7O10/c26-11(8-29)17(35)23(39)33-14-6-12(30)21(42-24-13(32-5-1-4-27)3-2-10(7-28)40-24)20(38)22(14)43-25-19(37)16(31)18(36)15(9-34)41-25/h10-22,24-25,32,34-38H,1-9,27-31H2,(H,33,39)/t10-,11?,12-,13+,14+,15+,16-,17?,18+,19+,20-,21?,22-,24+,25+/m0/s1. The van der Waals surface area contributed by atoms with Crippen LogP contribution in [0.1, 0.15) is 25.7 Å². The quantitative estimate of drug-likeness (QED) is 0.0796. The maximum atomic E-state index is 14.0. The van der Waals surface area contributed by atoms with E-state index in [1.165, 1.54) is 0 Å². The molecule has 3 aliphatic rings. The number of nitrogens with one attached hydrogen (secondary N) is 2. The number of halogens is 1. The van der Waals surface area contributed by atoms with Crippen LogP contribution in [-0.2, 0) is 23.7 Å². The maximum Gasteiger partial charge on any atom is 0.252 e. The predicted octanol–water partition coefficient (Wildman–Crippen LogP) is -6.47. The van der Waals surface area contributed by atoms with Crippen LogP contribution in [0.5, 0.6) is 0 Å². The van der Waals surface area contributed by atoms with Crippen molar-refractivity contribution in [3.8, 4) is 0 Å². The molecule has 3 fully saturated rings. The second-order valence-electron chi connectivity index (χ2n) is 11.3. The van der Waals surface area contributed by atoms with Gasteiger partial charge in [-0.1, -0.05) is 0 Å². The van der Waals surface area contributed by atoms with Crippen LogP contribution in [0, 0.1) is 0 Å². The van der Waals surface area contributed by atoms with Gasteiger partial charge in [0, 0.05) is 19.1 Å². The van der Waals surface area contributed by atoms with Crippen LogP contribution in [0.2, 0.25) is 0 Å². The first-order valence-electron chi connectivity index (χ1n) is 14.7.